The van der Waals surface area contributed by atoms with Crippen molar-refractivity contribution in [3.8, 4) is 11.6 Å². The van der Waals surface area contributed by atoms with E-state index in [0.29, 0.717) is 16.5 Å². The third kappa shape index (κ3) is 3.63. The van der Waals surface area contributed by atoms with Crippen LogP contribution in [-0.2, 0) is 9.53 Å². The van der Waals surface area contributed by atoms with Crippen molar-refractivity contribution in [2.45, 2.75) is 12.2 Å². The number of nitrogens with one attached hydrogen (secondary N) is 1. The van der Waals surface area contributed by atoms with Gasteiger partial charge in [0.1, 0.15) is 12.4 Å². The number of fused-ring (bicyclic) bond motifs is 1. The van der Waals surface area contributed by atoms with Gasteiger partial charge in [-0.05, 0) is 23.6 Å². The third-order valence-corrected chi connectivity index (χ3v) is 4.54. The number of hydrogen-bond acceptors (Lipinski definition) is 6. The maximum atomic E-state index is 14.0. The van der Waals surface area contributed by atoms with Gasteiger partial charge in [-0.15, -0.1) is 0 Å². The Kier molecular flexibility index (Phi) is 5.41. The second-order valence-corrected chi connectivity index (χ2v) is 6.20. The van der Waals surface area contributed by atoms with Crippen LogP contribution in [0.1, 0.15) is 10.4 Å². The van der Waals surface area contributed by atoms with E-state index in [1.165, 1.54) is 20.4 Å². The molecule has 0 bridgehead atoms. The number of aromatic nitrogens is 1. The second kappa shape index (κ2) is 7.75. The van der Waals surface area contributed by atoms with Crippen LogP contribution < -0.4 is 20.5 Å². The molecule has 2 heterocycles. The van der Waals surface area contributed by atoms with Crippen molar-refractivity contribution in [3.63, 3.8) is 0 Å². The molecule has 1 fully saturated rings. The minimum absolute atomic E-state index is 0.0200. The van der Waals surface area contributed by atoms with Gasteiger partial charge in [0, 0.05) is 24.6 Å². The average molecular weight is 377 g/mol. The number of halogens is 1. The van der Waals surface area contributed by atoms with Crippen LogP contribution in [0.15, 0.2) is 24.4 Å². The Morgan fingerprint density at radius 3 is 2.78 bits per heavy atom. The van der Waals surface area contributed by atoms with Crippen molar-refractivity contribution >= 4 is 22.6 Å². The van der Waals surface area contributed by atoms with Gasteiger partial charge in [-0.2, -0.15) is 0 Å². The molecule has 2 aromatic rings. The molecule has 2 amide bonds. The van der Waals surface area contributed by atoms with Crippen molar-refractivity contribution in [3.05, 3.63) is 30.0 Å². The van der Waals surface area contributed by atoms with Crippen molar-refractivity contribution in [2.75, 3.05) is 27.4 Å². The number of primary amides is 1. The predicted molar refractivity (Wildman–Crippen MR) is 94.5 cm³/mol. The van der Waals surface area contributed by atoms with Crippen LogP contribution in [0.25, 0.3) is 10.8 Å². The Morgan fingerprint density at radius 1 is 1.33 bits per heavy atom. The van der Waals surface area contributed by atoms with Crippen molar-refractivity contribution in [2.24, 2.45) is 11.7 Å². The number of amides is 2. The fourth-order valence-corrected chi connectivity index (χ4v) is 3.15. The van der Waals surface area contributed by atoms with E-state index in [-0.39, 0.29) is 24.7 Å². The van der Waals surface area contributed by atoms with Crippen LogP contribution in [-0.4, -0.2) is 56.4 Å². The minimum Gasteiger partial charge on any atom is -0.496 e. The summed E-state index contributed by atoms with van der Waals surface area (Å²) in [5.41, 5.74) is 5.62. The van der Waals surface area contributed by atoms with E-state index in [1.54, 1.807) is 18.2 Å². The lowest BCUT2D eigenvalue weighted by Crippen LogP contribution is -2.36. The minimum atomic E-state index is -1.64. The van der Waals surface area contributed by atoms with Gasteiger partial charge in [-0.3, -0.25) is 9.59 Å². The molecule has 1 aliphatic rings. The van der Waals surface area contributed by atoms with Gasteiger partial charge >= 0.3 is 0 Å². The molecule has 0 spiro atoms. The highest BCUT2D eigenvalue weighted by atomic mass is 19.1. The molecule has 9 heteroatoms. The Morgan fingerprint density at radius 2 is 2.11 bits per heavy atom. The van der Waals surface area contributed by atoms with Crippen LogP contribution in [0.2, 0.25) is 0 Å². The number of alkyl halides is 1. The zero-order valence-electron chi connectivity index (χ0n) is 14.9. The fourth-order valence-electron chi connectivity index (χ4n) is 3.15. The van der Waals surface area contributed by atoms with Crippen LogP contribution in [0.4, 0.5) is 4.39 Å². The largest absolute Gasteiger partial charge is 0.496 e. The molecule has 1 aromatic heterocycles. The first-order chi connectivity index (χ1) is 13.0. The summed E-state index contributed by atoms with van der Waals surface area (Å²) in [7, 11) is 2.87. The normalized spacial score (nSPS) is 21.9. The lowest BCUT2D eigenvalue weighted by molar-refractivity contribution is -0.124. The second-order valence-electron chi connectivity index (χ2n) is 6.20. The van der Waals surface area contributed by atoms with Gasteiger partial charge in [-0.25, -0.2) is 9.37 Å². The summed E-state index contributed by atoms with van der Waals surface area (Å²) < 4.78 is 30.0. The topological polar surface area (TPSA) is 113 Å². The highest BCUT2D eigenvalue weighted by Crippen LogP contribution is 2.31. The third-order valence-electron chi connectivity index (χ3n) is 4.54. The number of ether oxygens (including phenoxy) is 3. The number of hydrogen-bond donors (Lipinski definition) is 2. The maximum Gasteiger partial charge on any atom is 0.255 e. The number of nitrogens with two attached hydrogens (primary N) is 1. The summed E-state index contributed by atoms with van der Waals surface area (Å²) in [6, 6.07) is 4.36. The van der Waals surface area contributed by atoms with E-state index < -0.39 is 29.9 Å². The van der Waals surface area contributed by atoms with E-state index in [4.69, 9.17) is 19.9 Å². The van der Waals surface area contributed by atoms with Gasteiger partial charge in [0.25, 0.3) is 11.8 Å². The Bertz CT molecular complexity index is 875. The lowest BCUT2D eigenvalue weighted by Gasteiger charge is -2.19. The van der Waals surface area contributed by atoms with Crippen LogP contribution in [0.3, 0.4) is 0 Å². The fraction of sp³-hybridized carbons (Fsp3) is 0.389. The Balaban J connectivity index is 1.87. The predicted octanol–water partition coefficient (Wildman–Crippen LogP) is 0.820. The van der Waals surface area contributed by atoms with Gasteiger partial charge in [0.05, 0.1) is 25.3 Å². The molecule has 3 atom stereocenters. The summed E-state index contributed by atoms with van der Waals surface area (Å²) >= 11 is 0. The SMILES string of the molecule is COC[C@H]1[C@@H](COc2nccc3cc(C(N)=O)c(OC)cc23)NC(=O)[C@@H]1F. The molecule has 1 saturated heterocycles. The van der Waals surface area contributed by atoms with E-state index in [2.05, 4.69) is 10.3 Å². The van der Waals surface area contributed by atoms with Gasteiger partial charge < -0.3 is 25.3 Å². The van der Waals surface area contributed by atoms with Crippen molar-refractivity contribution < 1.29 is 28.2 Å². The molecule has 0 unspecified atom stereocenters. The molecular formula is C18H20FN3O5. The zero-order chi connectivity index (χ0) is 19.6. The Hall–Kier alpha value is -2.94. The van der Waals surface area contributed by atoms with Crippen molar-refractivity contribution in [1.29, 1.82) is 0 Å². The molecule has 27 heavy (non-hydrogen) atoms. The van der Waals surface area contributed by atoms with E-state index in [1.807, 2.05) is 0 Å². The first-order valence-electron chi connectivity index (χ1n) is 8.29. The average Bonchev–Trinajstić information content (AvgIpc) is 2.93. The first kappa shape index (κ1) is 18.8. The van der Waals surface area contributed by atoms with Crippen molar-refractivity contribution in [1.82, 2.24) is 10.3 Å². The summed E-state index contributed by atoms with van der Waals surface area (Å²) in [4.78, 5) is 27.4. The number of carbonyl (C=O) groups excluding carboxylic acids is 2. The molecule has 3 rings (SSSR count). The summed E-state index contributed by atoms with van der Waals surface area (Å²) in [6.07, 6.45) is -0.121. The summed E-state index contributed by atoms with van der Waals surface area (Å²) in [5, 5.41) is 3.85. The molecule has 8 nitrogen and oxygen atoms in total. The number of methoxy groups -OCH3 is 2. The van der Waals surface area contributed by atoms with Gasteiger partial charge in [0.2, 0.25) is 5.88 Å². The number of carbonyl (C=O) groups is 2. The molecule has 0 saturated carbocycles. The molecule has 1 aromatic carbocycles. The van der Waals surface area contributed by atoms with Crippen LogP contribution >= 0.6 is 0 Å². The number of nitrogens with zero attached hydrogens (tertiary/aromatic N) is 1. The number of pyridine rings is 1. The smallest absolute Gasteiger partial charge is 0.255 e. The van der Waals surface area contributed by atoms with Gasteiger partial charge in [-0.1, -0.05) is 0 Å². The standard InChI is InChI=1S/C18H20FN3O5/c1-25-7-12-13(22-17(24)15(12)19)8-27-18-10-6-14(26-2)11(16(20)23)5-9(10)3-4-21-18/h3-6,12-13,15H,7-8H2,1-2H3,(H2,20,23)(H,22,24)/t12-,13+,15+/m0/s1. The van der Waals surface area contributed by atoms with Gasteiger partial charge in [0.15, 0.2) is 6.17 Å². The highest BCUT2D eigenvalue weighted by Gasteiger charge is 2.43. The number of rotatable bonds is 7. The summed E-state index contributed by atoms with van der Waals surface area (Å²) in [6.45, 7) is 0.110. The Labute approximate surface area is 154 Å². The quantitative estimate of drug-likeness (QED) is 0.739. The molecule has 144 valence electrons. The highest BCUT2D eigenvalue weighted by molar-refractivity contribution is 6.01. The maximum absolute atomic E-state index is 14.0. The molecule has 0 aliphatic carbocycles. The van der Waals surface area contributed by atoms with Crippen LogP contribution in [0.5, 0.6) is 11.6 Å². The van der Waals surface area contributed by atoms with Crippen LogP contribution in [0, 0.1) is 5.92 Å². The first-order valence-corrected chi connectivity index (χ1v) is 8.29. The van der Waals surface area contributed by atoms with E-state index in [9.17, 15) is 14.0 Å². The molecule has 0 radical (unpaired) electrons. The molecule has 1 aliphatic heterocycles. The molecule has 3 N–H and O–H groups in total. The van der Waals surface area contributed by atoms with E-state index >= 15 is 0 Å². The monoisotopic (exact) mass is 377 g/mol. The zero-order valence-corrected chi connectivity index (χ0v) is 14.9. The van der Waals surface area contributed by atoms with E-state index in [0.717, 1.165) is 0 Å². The number of benzene rings is 1. The molecular weight excluding hydrogens is 357 g/mol. The summed E-state index contributed by atoms with van der Waals surface area (Å²) in [5.74, 6) is -1.37. The lowest BCUT2D eigenvalue weighted by atomic mass is 10.0.